The molecule has 1 aromatic carbocycles. The van der Waals surface area contributed by atoms with Gasteiger partial charge in [0.15, 0.2) is 5.82 Å². The van der Waals surface area contributed by atoms with Crippen LogP contribution < -0.4 is 5.32 Å². The molecule has 0 spiro atoms. The Hall–Kier alpha value is -2.41. The molecule has 3 rings (SSSR count). The lowest BCUT2D eigenvalue weighted by molar-refractivity contribution is -0.0860. The molecule has 7 heteroatoms. The van der Waals surface area contributed by atoms with Crippen molar-refractivity contribution in [2.75, 3.05) is 25.0 Å². The quantitative estimate of drug-likeness (QED) is 0.909. The smallest absolute Gasteiger partial charge is 0.322 e. The number of anilines is 1. The number of aryl methyl sites for hydroxylation is 2. The SMILES string of the molecule is CCC1(C)CN(C(=O)Nc2ccc(-n3nc(C)cc3C)c(F)c2)CCO1. The van der Waals surface area contributed by atoms with Crippen molar-refractivity contribution in [2.45, 2.75) is 39.7 Å². The van der Waals surface area contributed by atoms with Gasteiger partial charge < -0.3 is 15.0 Å². The highest BCUT2D eigenvalue weighted by molar-refractivity contribution is 5.89. The van der Waals surface area contributed by atoms with Gasteiger partial charge >= 0.3 is 6.03 Å². The van der Waals surface area contributed by atoms with Crippen LogP contribution in [-0.4, -0.2) is 46.0 Å². The molecule has 1 saturated heterocycles. The molecule has 1 unspecified atom stereocenters. The number of rotatable bonds is 3. The topological polar surface area (TPSA) is 59.4 Å². The highest BCUT2D eigenvalue weighted by Crippen LogP contribution is 2.23. The summed E-state index contributed by atoms with van der Waals surface area (Å²) < 4.78 is 21.9. The van der Waals surface area contributed by atoms with E-state index in [1.54, 1.807) is 21.7 Å². The van der Waals surface area contributed by atoms with Gasteiger partial charge in [-0.2, -0.15) is 5.10 Å². The number of benzene rings is 1. The Balaban J connectivity index is 1.74. The second kappa shape index (κ2) is 7.07. The lowest BCUT2D eigenvalue weighted by Gasteiger charge is -2.39. The van der Waals surface area contributed by atoms with Crippen LogP contribution in [0.1, 0.15) is 31.7 Å². The molecular weight excluding hydrogens is 335 g/mol. The summed E-state index contributed by atoms with van der Waals surface area (Å²) >= 11 is 0. The third-order valence-electron chi connectivity index (χ3n) is 4.81. The zero-order chi connectivity index (χ0) is 18.9. The Morgan fingerprint density at radius 1 is 1.38 bits per heavy atom. The van der Waals surface area contributed by atoms with Gasteiger partial charge in [-0.05, 0) is 51.5 Å². The van der Waals surface area contributed by atoms with Crippen molar-refractivity contribution in [3.63, 3.8) is 0 Å². The molecule has 1 atom stereocenters. The van der Waals surface area contributed by atoms with Crippen LogP contribution in [0, 0.1) is 19.7 Å². The van der Waals surface area contributed by atoms with Crippen molar-refractivity contribution in [1.29, 1.82) is 0 Å². The largest absolute Gasteiger partial charge is 0.372 e. The van der Waals surface area contributed by atoms with Crippen molar-refractivity contribution in [2.24, 2.45) is 0 Å². The number of carbonyl (C=O) groups excluding carboxylic acids is 1. The van der Waals surface area contributed by atoms with Gasteiger partial charge in [-0.1, -0.05) is 6.92 Å². The van der Waals surface area contributed by atoms with Crippen LogP contribution in [0.5, 0.6) is 0 Å². The Morgan fingerprint density at radius 3 is 2.77 bits per heavy atom. The number of hydrogen-bond donors (Lipinski definition) is 1. The van der Waals surface area contributed by atoms with Crippen molar-refractivity contribution in [3.8, 4) is 5.69 Å². The molecule has 2 amide bonds. The summed E-state index contributed by atoms with van der Waals surface area (Å²) in [4.78, 5) is 14.2. The lowest BCUT2D eigenvalue weighted by Crippen LogP contribution is -2.53. The van der Waals surface area contributed by atoms with Gasteiger partial charge in [0.25, 0.3) is 0 Å². The number of halogens is 1. The minimum atomic E-state index is -0.436. The summed E-state index contributed by atoms with van der Waals surface area (Å²) in [6.07, 6.45) is 0.822. The summed E-state index contributed by atoms with van der Waals surface area (Å²) in [5.41, 5.74) is 2.12. The van der Waals surface area contributed by atoms with E-state index >= 15 is 0 Å². The van der Waals surface area contributed by atoms with Crippen LogP contribution in [0.25, 0.3) is 5.69 Å². The van der Waals surface area contributed by atoms with Crippen LogP contribution in [-0.2, 0) is 4.74 Å². The zero-order valence-electron chi connectivity index (χ0n) is 15.7. The van der Waals surface area contributed by atoms with Crippen LogP contribution in [0.2, 0.25) is 0 Å². The molecule has 0 radical (unpaired) electrons. The number of amides is 2. The number of ether oxygens (including phenoxy) is 1. The predicted molar refractivity (Wildman–Crippen MR) is 98.2 cm³/mol. The number of hydrogen-bond acceptors (Lipinski definition) is 3. The zero-order valence-corrected chi connectivity index (χ0v) is 15.7. The van der Waals surface area contributed by atoms with Crippen molar-refractivity contribution >= 4 is 11.7 Å². The number of morpholine rings is 1. The fourth-order valence-corrected chi connectivity index (χ4v) is 3.15. The molecule has 1 aliphatic heterocycles. The lowest BCUT2D eigenvalue weighted by atomic mass is 10.0. The third kappa shape index (κ3) is 3.72. The Labute approximate surface area is 152 Å². The summed E-state index contributed by atoms with van der Waals surface area (Å²) in [5, 5.41) is 7.07. The summed E-state index contributed by atoms with van der Waals surface area (Å²) in [6, 6.07) is 6.28. The standard InChI is InChI=1S/C19H25FN4O2/c1-5-19(4)12-23(8-9-26-19)18(25)21-15-6-7-17(16(20)11-15)24-14(3)10-13(2)22-24/h6-7,10-11H,5,8-9,12H2,1-4H3,(H,21,25). The molecule has 0 bridgehead atoms. The molecule has 140 valence electrons. The fraction of sp³-hybridized carbons (Fsp3) is 0.474. The number of aromatic nitrogens is 2. The molecule has 2 heterocycles. The average Bonchev–Trinajstić information content (AvgIpc) is 2.93. The molecule has 1 aliphatic rings. The van der Waals surface area contributed by atoms with E-state index in [0.29, 0.717) is 31.1 Å². The predicted octanol–water partition coefficient (Wildman–Crippen LogP) is 3.66. The van der Waals surface area contributed by atoms with Crippen LogP contribution in [0.3, 0.4) is 0 Å². The molecular formula is C19H25FN4O2. The summed E-state index contributed by atoms with van der Waals surface area (Å²) in [6.45, 7) is 9.31. The van der Waals surface area contributed by atoms with E-state index in [-0.39, 0.29) is 11.6 Å². The normalized spacial score (nSPS) is 20.3. The highest BCUT2D eigenvalue weighted by atomic mass is 19.1. The summed E-state index contributed by atoms with van der Waals surface area (Å²) in [5.74, 6) is -0.436. The van der Waals surface area contributed by atoms with Crippen molar-refractivity contribution < 1.29 is 13.9 Å². The number of nitrogens with one attached hydrogen (secondary N) is 1. The second-order valence-corrected chi connectivity index (χ2v) is 7.01. The molecule has 1 N–H and O–H groups in total. The molecule has 26 heavy (non-hydrogen) atoms. The van der Waals surface area contributed by atoms with Gasteiger partial charge in [0, 0.05) is 17.9 Å². The maximum Gasteiger partial charge on any atom is 0.322 e. The van der Waals surface area contributed by atoms with Crippen molar-refractivity contribution in [1.82, 2.24) is 14.7 Å². The number of urea groups is 1. The van der Waals surface area contributed by atoms with Crippen LogP contribution in [0.4, 0.5) is 14.9 Å². The average molecular weight is 360 g/mol. The molecule has 0 aliphatic carbocycles. The molecule has 0 saturated carbocycles. The maximum atomic E-state index is 14.5. The first-order chi connectivity index (χ1) is 12.3. The fourth-order valence-electron chi connectivity index (χ4n) is 3.15. The first-order valence-corrected chi connectivity index (χ1v) is 8.84. The van der Waals surface area contributed by atoms with Gasteiger partial charge in [0.05, 0.1) is 24.4 Å². The second-order valence-electron chi connectivity index (χ2n) is 7.01. The Morgan fingerprint density at radius 2 is 2.15 bits per heavy atom. The Kier molecular flexibility index (Phi) is 5.00. The van der Waals surface area contributed by atoms with Gasteiger partial charge in [-0.3, -0.25) is 0 Å². The molecule has 1 aromatic heterocycles. The van der Waals surface area contributed by atoms with E-state index in [4.69, 9.17) is 4.74 Å². The van der Waals surface area contributed by atoms with Gasteiger partial charge in [0.2, 0.25) is 0 Å². The summed E-state index contributed by atoms with van der Waals surface area (Å²) in [7, 11) is 0. The minimum Gasteiger partial charge on any atom is -0.372 e. The van der Waals surface area contributed by atoms with Gasteiger partial charge in [-0.25, -0.2) is 13.9 Å². The highest BCUT2D eigenvalue weighted by Gasteiger charge is 2.32. The van der Waals surface area contributed by atoms with E-state index in [0.717, 1.165) is 17.8 Å². The van der Waals surface area contributed by atoms with Gasteiger partial charge in [0.1, 0.15) is 5.69 Å². The number of carbonyl (C=O) groups is 1. The minimum absolute atomic E-state index is 0.244. The van der Waals surface area contributed by atoms with Crippen LogP contribution >= 0.6 is 0 Å². The van der Waals surface area contributed by atoms with E-state index in [9.17, 15) is 9.18 Å². The van der Waals surface area contributed by atoms with E-state index in [1.165, 1.54) is 6.07 Å². The molecule has 2 aromatic rings. The van der Waals surface area contributed by atoms with E-state index < -0.39 is 5.82 Å². The maximum absolute atomic E-state index is 14.5. The van der Waals surface area contributed by atoms with E-state index in [2.05, 4.69) is 10.4 Å². The number of nitrogens with zero attached hydrogens (tertiary/aromatic N) is 3. The first-order valence-electron chi connectivity index (χ1n) is 8.84. The first kappa shape index (κ1) is 18.4. The van der Waals surface area contributed by atoms with E-state index in [1.807, 2.05) is 33.8 Å². The molecule has 6 nitrogen and oxygen atoms in total. The van der Waals surface area contributed by atoms with Crippen LogP contribution in [0.15, 0.2) is 24.3 Å². The van der Waals surface area contributed by atoms with Crippen molar-refractivity contribution in [3.05, 3.63) is 41.5 Å². The van der Waals surface area contributed by atoms with Gasteiger partial charge in [-0.15, -0.1) is 0 Å². The molecule has 1 fully saturated rings. The monoisotopic (exact) mass is 360 g/mol. The third-order valence-corrected chi connectivity index (χ3v) is 4.81. The Bertz CT molecular complexity index is 820.